The Bertz CT molecular complexity index is 826. The molecule has 3 aromatic rings. The topological polar surface area (TPSA) is 17.3 Å². The molecule has 22 heavy (non-hydrogen) atoms. The van der Waals surface area contributed by atoms with Gasteiger partial charge >= 0.3 is 0 Å². The number of aromatic nitrogens is 1. The Labute approximate surface area is 129 Å². The number of hydrogen-bond acceptors (Lipinski definition) is 1. The van der Waals surface area contributed by atoms with Crippen molar-refractivity contribution in [1.82, 2.24) is 4.57 Å². The minimum atomic E-state index is -0.217. The van der Waals surface area contributed by atoms with E-state index in [1.807, 2.05) is 37.5 Å². The maximum Gasteiger partial charge on any atom is 0.123 e. The van der Waals surface area contributed by atoms with Crippen molar-refractivity contribution in [3.8, 4) is 0 Å². The van der Waals surface area contributed by atoms with Gasteiger partial charge in [0.2, 0.25) is 0 Å². The fraction of sp³-hybridized carbons (Fsp3) is 0.105. The summed E-state index contributed by atoms with van der Waals surface area (Å²) in [6.45, 7) is 0.596. The number of fused-ring (bicyclic) bond motifs is 1. The van der Waals surface area contributed by atoms with Crippen LogP contribution in [-0.2, 0) is 7.05 Å². The van der Waals surface area contributed by atoms with E-state index < -0.39 is 0 Å². The first-order chi connectivity index (χ1) is 10.7. The van der Waals surface area contributed by atoms with Crippen LogP contribution in [0.2, 0.25) is 0 Å². The van der Waals surface area contributed by atoms with Crippen LogP contribution in [-0.4, -0.2) is 17.3 Å². The molecular formula is C19H17FN2. The molecule has 0 amide bonds. The van der Waals surface area contributed by atoms with Crippen molar-refractivity contribution in [2.75, 3.05) is 6.54 Å². The molecule has 0 N–H and O–H groups in total. The van der Waals surface area contributed by atoms with Crippen LogP contribution in [0.4, 0.5) is 4.39 Å². The standard InChI is InChI=1S/C19H17FN2/c1-22-18(13-16-6-2-3-7-19(16)22)14-21-12-4-5-15-8-10-17(20)11-9-15/h2-11,13-14H,12H2,1H3/b5-4+,21-14?. The summed E-state index contributed by atoms with van der Waals surface area (Å²) in [4.78, 5) is 4.42. The summed E-state index contributed by atoms with van der Waals surface area (Å²) in [7, 11) is 2.04. The maximum absolute atomic E-state index is 12.8. The highest BCUT2D eigenvalue weighted by Gasteiger charge is 2.01. The number of benzene rings is 2. The first-order valence-corrected chi connectivity index (χ1v) is 7.20. The van der Waals surface area contributed by atoms with E-state index >= 15 is 0 Å². The molecule has 0 aliphatic carbocycles. The minimum Gasteiger partial charge on any atom is -0.343 e. The molecule has 110 valence electrons. The summed E-state index contributed by atoms with van der Waals surface area (Å²) >= 11 is 0. The van der Waals surface area contributed by atoms with Crippen LogP contribution in [0.15, 0.2) is 65.7 Å². The van der Waals surface area contributed by atoms with Crippen LogP contribution in [0.25, 0.3) is 17.0 Å². The van der Waals surface area contributed by atoms with Gasteiger partial charge in [-0.05, 0) is 29.8 Å². The molecule has 1 heterocycles. The van der Waals surface area contributed by atoms with Crippen LogP contribution >= 0.6 is 0 Å². The molecule has 3 heteroatoms. The Hall–Kier alpha value is -2.68. The van der Waals surface area contributed by atoms with E-state index in [9.17, 15) is 4.39 Å². The number of aryl methyl sites for hydroxylation is 1. The molecule has 0 aliphatic heterocycles. The van der Waals surface area contributed by atoms with Crippen molar-refractivity contribution in [2.45, 2.75) is 0 Å². The Morgan fingerprint density at radius 3 is 2.64 bits per heavy atom. The number of aliphatic imine (C=N–C) groups is 1. The molecule has 3 rings (SSSR count). The largest absolute Gasteiger partial charge is 0.343 e. The summed E-state index contributed by atoms with van der Waals surface area (Å²) in [6.07, 6.45) is 5.79. The number of rotatable bonds is 4. The zero-order chi connectivity index (χ0) is 15.4. The number of para-hydroxylation sites is 1. The Morgan fingerprint density at radius 2 is 1.86 bits per heavy atom. The first kappa shape index (κ1) is 14.3. The normalized spacial score (nSPS) is 11.9. The van der Waals surface area contributed by atoms with Gasteiger partial charge in [-0.15, -0.1) is 0 Å². The molecule has 0 spiro atoms. The van der Waals surface area contributed by atoms with Crippen LogP contribution in [0.5, 0.6) is 0 Å². The van der Waals surface area contributed by atoms with Crippen molar-refractivity contribution in [2.24, 2.45) is 12.0 Å². The van der Waals surface area contributed by atoms with E-state index in [1.165, 1.54) is 23.0 Å². The highest BCUT2D eigenvalue weighted by Crippen LogP contribution is 2.16. The molecular weight excluding hydrogens is 275 g/mol. The monoisotopic (exact) mass is 292 g/mol. The van der Waals surface area contributed by atoms with Crippen molar-refractivity contribution < 1.29 is 4.39 Å². The van der Waals surface area contributed by atoms with Crippen molar-refractivity contribution in [3.63, 3.8) is 0 Å². The Balaban J connectivity index is 1.66. The summed E-state index contributed by atoms with van der Waals surface area (Å²) in [6, 6.07) is 16.8. The summed E-state index contributed by atoms with van der Waals surface area (Å²) in [5, 5.41) is 1.22. The third kappa shape index (κ3) is 3.14. The highest BCUT2D eigenvalue weighted by atomic mass is 19.1. The van der Waals surface area contributed by atoms with Gasteiger partial charge in [0.1, 0.15) is 5.82 Å². The van der Waals surface area contributed by atoms with Gasteiger partial charge < -0.3 is 4.57 Å². The van der Waals surface area contributed by atoms with Crippen molar-refractivity contribution in [3.05, 3.63) is 77.7 Å². The zero-order valence-electron chi connectivity index (χ0n) is 12.4. The lowest BCUT2D eigenvalue weighted by Gasteiger charge is -1.98. The van der Waals surface area contributed by atoms with Crippen molar-refractivity contribution in [1.29, 1.82) is 0 Å². The first-order valence-electron chi connectivity index (χ1n) is 7.20. The maximum atomic E-state index is 12.8. The third-order valence-electron chi connectivity index (χ3n) is 3.60. The van der Waals surface area contributed by atoms with E-state index in [4.69, 9.17) is 0 Å². The molecule has 2 nitrogen and oxygen atoms in total. The smallest absolute Gasteiger partial charge is 0.123 e. The van der Waals surface area contributed by atoms with Crippen LogP contribution in [0, 0.1) is 5.82 Å². The minimum absolute atomic E-state index is 0.217. The predicted octanol–water partition coefficient (Wildman–Crippen LogP) is 4.45. The van der Waals surface area contributed by atoms with Crippen LogP contribution in [0.3, 0.4) is 0 Å². The SMILES string of the molecule is Cn1c(C=NC/C=C/c2ccc(F)cc2)cc2ccccc21. The molecule has 0 saturated carbocycles. The van der Waals surface area contributed by atoms with Crippen molar-refractivity contribution >= 4 is 23.2 Å². The van der Waals surface area contributed by atoms with Gasteiger partial charge in [0.25, 0.3) is 0 Å². The average Bonchev–Trinajstić information content (AvgIpc) is 2.86. The number of nitrogens with zero attached hydrogens (tertiary/aromatic N) is 2. The zero-order valence-corrected chi connectivity index (χ0v) is 12.4. The van der Waals surface area contributed by atoms with E-state index in [0.29, 0.717) is 6.54 Å². The second-order valence-electron chi connectivity index (χ2n) is 5.14. The fourth-order valence-corrected chi connectivity index (χ4v) is 2.40. The van der Waals surface area contributed by atoms with E-state index in [2.05, 4.69) is 27.8 Å². The second kappa shape index (κ2) is 6.39. The van der Waals surface area contributed by atoms with E-state index in [0.717, 1.165) is 11.3 Å². The third-order valence-corrected chi connectivity index (χ3v) is 3.60. The summed E-state index contributed by atoms with van der Waals surface area (Å²) < 4.78 is 14.9. The van der Waals surface area contributed by atoms with Gasteiger partial charge in [-0.2, -0.15) is 0 Å². The predicted molar refractivity (Wildman–Crippen MR) is 90.8 cm³/mol. The molecule has 0 fully saturated rings. The lowest BCUT2D eigenvalue weighted by Crippen LogP contribution is -1.94. The molecule has 0 unspecified atom stereocenters. The fourth-order valence-electron chi connectivity index (χ4n) is 2.40. The molecule has 1 aromatic heterocycles. The molecule has 0 atom stereocenters. The van der Waals surface area contributed by atoms with Gasteiger partial charge in [0.05, 0.1) is 12.2 Å². The molecule has 0 saturated heterocycles. The highest BCUT2D eigenvalue weighted by molar-refractivity contribution is 5.90. The number of hydrogen-bond donors (Lipinski definition) is 0. The lowest BCUT2D eigenvalue weighted by atomic mass is 10.2. The van der Waals surface area contributed by atoms with Gasteiger partial charge in [-0.25, -0.2) is 4.39 Å². The van der Waals surface area contributed by atoms with Gasteiger partial charge in [-0.1, -0.05) is 42.5 Å². The van der Waals surface area contributed by atoms with Crippen LogP contribution in [0.1, 0.15) is 11.3 Å². The summed E-state index contributed by atoms with van der Waals surface area (Å²) in [5.74, 6) is -0.217. The quantitative estimate of drug-likeness (QED) is 0.632. The molecule has 0 aliphatic rings. The molecule has 2 aromatic carbocycles. The van der Waals surface area contributed by atoms with E-state index in [-0.39, 0.29) is 5.82 Å². The Morgan fingerprint density at radius 1 is 1.09 bits per heavy atom. The van der Waals surface area contributed by atoms with Gasteiger partial charge in [-0.3, -0.25) is 4.99 Å². The van der Waals surface area contributed by atoms with E-state index in [1.54, 1.807) is 12.1 Å². The summed E-state index contributed by atoms with van der Waals surface area (Å²) in [5.41, 5.74) is 3.25. The lowest BCUT2D eigenvalue weighted by molar-refractivity contribution is 0.628. The van der Waals surface area contributed by atoms with Crippen LogP contribution < -0.4 is 0 Å². The molecule has 0 bridgehead atoms. The average molecular weight is 292 g/mol. The Kier molecular flexibility index (Phi) is 4.15. The molecule has 0 radical (unpaired) electrons. The second-order valence-corrected chi connectivity index (χ2v) is 5.14. The van der Waals surface area contributed by atoms with Gasteiger partial charge in [0, 0.05) is 24.2 Å². The number of halogens is 1. The van der Waals surface area contributed by atoms with Gasteiger partial charge in [0.15, 0.2) is 0 Å².